The zero-order chi connectivity index (χ0) is 20.3. The van der Waals surface area contributed by atoms with E-state index in [-0.39, 0.29) is 0 Å². The second-order valence-corrected chi connectivity index (χ2v) is 7.34. The van der Waals surface area contributed by atoms with Gasteiger partial charge in [-0.1, -0.05) is 24.3 Å². The van der Waals surface area contributed by atoms with Gasteiger partial charge in [0.25, 0.3) is 0 Å². The molecule has 146 valence electrons. The number of imide groups is 1. The molecule has 0 aromatic heterocycles. The van der Waals surface area contributed by atoms with Crippen LogP contribution in [0.15, 0.2) is 54.7 Å². The lowest BCUT2D eigenvalue weighted by Gasteiger charge is -2.34. The molecule has 6 nitrogen and oxygen atoms in total. The van der Waals surface area contributed by atoms with Gasteiger partial charge >= 0.3 is 5.97 Å². The maximum absolute atomic E-state index is 13.4. The predicted molar refractivity (Wildman–Crippen MR) is 102 cm³/mol. The fourth-order valence-corrected chi connectivity index (χ4v) is 4.79. The Morgan fingerprint density at radius 1 is 1.00 bits per heavy atom. The summed E-state index contributed by atoms with van der Waals surface area (Å²) in [6.45, 7) is 0. The molecule has 2 aromatic rings. The molecule has 0 N–H and O–H groups in total. The fraction of sp³-hybridized carbons (Fsp3) is 0.227. The molecule has 7 heteroatoms. The number of halogens is 1. The highest BCUT2D eigenvalue weighted by Gasteiger charge is 2.65. The van der Waals surface area contributed by atoms with Gasteiger partial charge in [-0.3, -0.25) is 9.59 Å². The number of carbonyl (C=O) groups is 3. The van der Waals surface area contributed by atoms with Crippen LogP contribution in [0.1, 0.15) is 17.2 Å². The summed E-state index contributed by atoms with van der Waals surface area (Å²) >= 11 is 0. The van der Waals surface area contributed by atoms with Gasteiger partial charge in [0.15, 0.2) is 0 Å². The summed E-state index contributed by atoms with van der Waals surface area (Å²) in [7, 11) is 1.27. The van der Waals surface area contributed by atoms with Gasteiger partial charge in [-0.05, 0) is 41.5 Å². The molecule has 2 amide bonds. The molecule has 2 fully saturated rings. The number of hydrogen-bond acceptors (Lipinski definition) is 5. The molecule has 3 heterocycles. The quantitative estimate of drug-likeness (QED) is 0.580. The third-order valence-electron chi connectivity index (χ3n) is 5.99. The summed E-state index contributed by atoms with van der Waals surface area (Å²) < 4.78 is 18.3. The Hall–Kier alpha value is -3.48. The number of esters is 1. The molecule has 5 rings (SSSR count). The van der Waals surface area contributed by atoms with E-state index >= 15 is 0 Å². The summed E-state index contributed by atoms with van der Waals surface area (Å²) in [5, 5.41) is 0. The van der Waals surface area contributed by atoms with Crippen LogP contribution in [0.5, 0.6) is 0 Å². The van der Waals surface area contributed by atoms with Crippen molar-refractivity contribution >= 4 is 29.5 Å². The Bertz CT molecular complexity index is 1060. The van der Waals surface area contributed by atoms with Crippen LogP contribution < -0.4 is 4.90 Å². The molecule has 29 heavy (non-hydrogen) atoms. The number of amides is 2. The molecule has 4 unspecified atom stereocenters. The number of methoxy groups -OCH3 is 1. The van der Waals surface area contributed by atoms with Gasteiger partial charge < -0.3 is 9.64 Å². The van der Waals surface area contributed by atoms with Gasteiger partial charge in [0, 0.05) is 6.20 Å². The third-order valence-corrected chi connectivity index (χ3v) is 5.99. The average Bonchev–Trinajstić information content (AvgIpc) is 3.21. The summed E-state index contributed by atoms with van der Waals surface area (Å²) in [5.41, 5.74) is 2.13. The Kier molecular flexibility index (Phi) is 3.81. The van der Waals surface area contributed by atoms with Crippen LogP contribution in [0.3, 0.4) is 0 Å². The summed E-state index contributed by atoms with van der Waals surface area (Å²) in [6, 6.07) is 11.4. The SMILES string of the molecule is COC(=O)C1C2C(=O)N(c3ccc(F)cc3)C(=O)C2C2c3ccccc3C=CN12. The smallest absolute Gasteiger partial charge is 0.329 e. The zero-order valence-electron chi connectivity index (χ0n) is 15.5. The van der Waals surface area contributed by atoms with Crippen molar-refractivity contribution in [1.82, 2.24) is 4.90 Å². The van der Waals surface area contributed by atoms with Crippen LogP contribution in [0.25, 0.3) is 6.08 Å². The number of hydrogen-bond donors (Lipinski definition) is 0. The van der Waals surface area contributed by atoms with Crippen molar-refractivity contribution in [3.05, 3.63) is 71.7 Å². The van der Waals surface area contributed by atoms with E-state index in [4.69, 9.17) is 4.74 Å². The minimum atomic E-state index is -0.901. The van der Waals surface area contributed by atoms with Crippen molar-refractivity contribution in [2.75, 3.05) is 12.0 Å². The number of anilines is 1. The lowest BCUT2D eigenvalue weighted by Crippen LogP contribution is -2.44. The monoisotopic (exact) mass is 392 g/mol. The topological polar surface area (TPSA) is 66.9 Å². The highest BCUT2D eigenvalue weighted by molar-refractivity contribution is 6.23. The first-order valence-corrected chi connectivity index (χ1v) is 9.28. The van der Waals surface area contributed by atoms with E-state index in [1.807, 2.05) is 30.3 Å². The standard InChI is InChI=1S/C22H17FN2O4/c1-29-22(28)19-17-16(18-15-5-3-2-4-12(15)10-11-24(18)19)20(26)25(21(17)27)14-8-6-13(23)7-9-14/h2-11,16-19H,1H3. The second-order valence-electron chi connectivity index (χ2n) is 7.34. The van der Waals surface area contributed by atoms with Gasteiger partial charge in [-0.2, -0.15) is 0 Å². The first kappa shape index (κ1) is 17.6. The first-order chi connectivity index (χ1) is 14.0. The molecule has 2 aromatic carbocycles. The summed E-state index contributed by atoms with van der Waals surface area (Å²) in [6.07, 6.45) is 3.63. The van der Waals surface area contributed by atoms with Crippen molar-refractivity contribution in [2.45, 2.75) is 12.1 Å². The van der Waals surface area contributed by atoms with Crippen LogP contribution >= 0.6 is 0 Å². The normalized spacial score (nSPS) is 27.0. The van der Waals surface area contributed by atoms with E-state index < -0.39 is 47.5 Å². The number of nitrogens with zero attached hydrogens (tertiary/aromatic N) is 2. The van der Waals surface area contributed by atoms with Crippen molar-refractivity contribution in [3.8, 4) is 0 Å². The minimum Gasteiger partial charge on any atom is -0.467 e. The molecular weight excluding hydrogens is 375 g/mol. The maximum atomic E-state index is 13.4. The number of rotatable bonds is 2. The van der Waals surface area contributed by atoms with Crippen LogP contribution in [-0.2, 0) is 19.1 Å². The molecule has 0 bridgehead atoms. The fourth-order valence-electron chi connectivity index (χ4n) is 4.79. The van der Waals surface area contributed by atoms with Crippen molar-refractivity contribution in [1.29, 1.82) is 0 Å². The Balaban J connectivity index is 1.65. The van der Waals surface area contributed by atoms with Crippen molar-refractivity contribution < 1.29 is 23.5 Å². The maximum Gasteiger partial charge on any atom is 0.329 e. The molecule has 0 aliphatic carbocycles. The van der Waals surface area contributed by atoms with Gasteiger partial charge in [0.2, 0.25) is 11.8 Å². The van der Waals surface area contributed by atoms with Gasteiger partial charge in [0.05, 0.1) is 30.7 Å². The highest BCUT2D eigenvalue weighted by Crippen LogP contribution is 2.53. The van der Waals surface area contributed by atoms with Crippen LogP contribution in [-0.4, -0.2) is 35.8 Å². The van der Waals surface area contributed by atoms with E-state index in [2.05, 4.69) is 0 Å². The summed E-state index contributed by atoms with van der Waals surface area (Å²) in [4.78, 5) is 42.2. The highest BCUT2D eigenvalue weighted by atomic mass is 19.1. The number of benzene rings is 2. The van der Waals surface area contributed by atoms with Gasteiger partial charge in [0.1, 0.15) is 11.9 Å². The largest absolute Gasteiger partial charge is 0.467 e. The molecule has 3 aliphatic heterocycles. The number of ether oxygens (including phenoxy) is 1. The number of fused-ring (bicyclic) bond motifs is 5. The Morgan fingerprint density at radius 2 is 1.69 bits per heavy atom. The minimum absolute atomic E-state index is 0.297. The molecule has 4 atom stereocenters. The molecule has 0 radical (unpaired) electrons. The summed E-state index contributed by atoms with van der Waals surface area (Å²) in [5.74, 6) is -3.49. The first-order valence-electron chi connectivity index (χ1n) is 9.28. The van der Waals surface area contributed by atoms with Crippen molar-refractivity contribution in [3.63, 3.8) is 0 Å². The van der Waals surface area contributed by atoms with E-state index in [0.717, 1.165) is 16.0 Å². The van der Waals surface area contributed by atoms with Crippen molar-refractivity contribution in [2.24, 2.45) is 11.8 Å². The van der Waals surface area contributed by atoms with Crippen LogP contribution in [0.2, 0.25) is 0 Å². The lowest BCUT2D eigenvalue weighted by molar-refractivity contribution is -0.148. The second kappa shape index (κ2) is 6.27. The van der Waals surface area contributed by atoms with Gasteiger partial charge in [-0.25, -0.2) is 14.1 Å². The van der Waals surface area contributed by atoms with Crippen LogP contribution in [0, 0.1) is 17.7 Å². The molecular formula is C22H17FN2O4. The van der Waals surface area contributed by atoms with Crippen LogP contribution in [0.4, 0.5) is 10.1 Å². The molecule has 3 aliphatic rings. The molecule has 0 spiro atoms. The average molecular weight is 392 g/mol. The predicted octanol–water partition coefficient (Wildman–Crippen LogP) is 2.51. The Morgan fingerprint density at radius 3 is 2.41 bits per heavy atom. The van der Waals surface area contributed by atoms with Gasteiger partial charge in [-0.15, -0.1) is 0 Å². The lowest BCUT2D eigenvalue weighted by atomic mass is 9.84. The van der Waals surface area contributed by atoms with E-state index in [1.54, 1.807) is 11.1 Å². The third kappa shape index (κ3) is 2.36. The molecule has 0 saturated carbocycles. The van der Waals surface area contributed by atoms with E-state index in [0.29, 0.717) is 5.69 Å². The number of carbonyl (C=O) groups excluding carboxylic acids is 3. The Labute approximate surface area is 166 Å². The van der Waals surface area contributed by atoms with E-state index in [9.17, 15) is 18.8 Å². The zero-order valence-corrected chi connectivity index (χ0v) is 15.5. The molecule has 2 saturated heterocycles. The van der Waals surface area contributed by atoms with E-state index in [1.165, 1.54) is 31.4 Å².